The predicted molar refractivity (Wildman–Crippen MR) is 72.8 cm³/mol. The Hall–Kier alpha value is 0.440. The molecule has 0 atom stereocenters. The van der Waals surface area contributed by atoms with E-state index in [-0.39, 0.29) is 5.97 Å². The summed E-state index contributed by atoms with van der Waals surface area (Å²) in [4.78, 5) is 11.4. The minimum absolute atomic E-state index is 0.324. The van der Waals surface area contributed by atoms with Gasteiger partial charge in [0, 0.05) is 7.14 Å². The van der Waals surface area contributed by atoms with E-state index in [0.717, 1.165) is 7.14 Å². The number of esters is 1. The molecule has 2 nitrogen and oxygen atoms in total. The highest BCUT2D eigenvalue weighted by Gasteiger charge is 2.14. The van der Waals surface area contributed by atoms with Gasteiger partial charge in [-0.1, -0.05) is 11.6 Å². The van der Waals surface area contributed by atoms with E-state index in [9.17, 15) is 4.79 Å². The topological polar surface area (TPSA) is 26.3 Å². The Morgan fingerprint density at radius 1 is 1.50 bits per heavy atom. The van der Waals surface area contributed by atoms with Crippen LogP contribution < -0.4 is 0 Å². The summed E-state index contributed by atoms with van der Waals surface area (Å²) in [5.41, 5.74) is 0.526. The summed E-state index contributed by atoms with van der Waals surface area (Å²) in [5, 5.41) is 0.608. The lowest BCUT2D eigenvalue weighted by Gasteiger charge is -2.06. The van der Waals surface area contributed by atoms with Crippen molar-refractivity contribution < 1.29 is 9.53 Å². The minimum Gasteiger partial charge on any atom is -0.462 e. The second-order valence-corrected chi connectivity index (χ2v) is 5.06. The Bertz CT molecular complexity index is 366. The molecule has 0 aromatic heterocycles. The summed E-state index contributed by atoms with van der Waals surface area (Å²) in [5.74, 6) is -0.324. The lowest BCUT2D eigenvalue weighted by Crippen LogP contribution is -2.07. The molecule has 0 radical (unpaired) electrons. The van der Waals surface area contributed by atoms with Gasteiger partial charge in [0.1, 0.15) is 0 Å². The largest absolute Gasteiger partial charge is 0.462 e. The van der Waals surface area contributed by atoms with Crippen LogP contribution in [0.15, 0.2) is 12.1 Å². The van der Waals surface area contributed by atoms with Crippen molar-refractivity contribution >= 4 is 62.8 Å². The van der Waals surface area contributed by atoms with Gasteiger partial charge in [0.15, 0.2) is 0 Å². The summed E-state index contributed by atoms with van der Waals surface area (Å²) >= 11 is 10.2. The van der Waals surface area contributed by atoms with Crippen LogP contribution in [0.25, 0.3) is 0 Å². The number of halogens is 3. The smallest absolute Gasteiger partial charge is 0.339 e. The van der Waals surface area contributed by atoms with Gasteiger partial charge in [-0.05, 0) is 64.2 Å². The fourth-order valence-corrected chi connectivity index (χ4v) is 2.71. The zero-order chi connectivity index (χ0) is 10.7. The van der Waals surface area contributed by atoms with E-state index in [0.29, 0.717) is 17.2 Å². The third-order valence-corrected chi connectivity index (χ3v) is 4.58. The van der Waals surface area contributed by atoms with Crippen LogP contribution in [0.3, 0.4) is 0 Å². The van der Waals surface area contributed by atoms with Gasteiger partial charge in [0.2, 0.25) is 0 Å². The summed E-state index contributed by atoms with van der Waals surface area (Å²) in [7, 11) is 0. The molecule has 0 aliphatic carbocycles. The van der Waals surface area contributed by atoms with Crippen LogP contribution >= 0.6 is 56.8 Å². The van der Waals surface area contributed by atoms with Crippen molar-refractivity contribution in [3.05, 3.63) is 29.9 Å². The van der Waals surface area contributed by atoms with Gasteiger partial charge >= 0.3 is 5.97 Å². The molecule has 0 amide bonds. The van der Waals surface area contributed by atoms with Crippen LogP contribution in [-0.4, -0.2) is 12.6 Å². The molecule has 1 aromatic carbocycles. The molecule has 0 N–H and O–H groups in total. The molecular formula is C9H7ClI2O2. The van der Waals surface area contributed by atoms with E-state index in [1.165, 1.54) is 0 Å². The Labute approximate surface area is 115 Å². The minimum atomic E-state index is -0.324. The van der Waals surface area contributed by atoms with Gasteiger partial charge in [-0.2, -0.15) is 0 Å². The third-order valence-electron chi connectivity index (χ3n) is 1.53. The van der Waals surface area contributed by atoms with Crippen LogP contribution in [0.5, 0.6) is 0 Å². The highest BCUT2D eigenvalue weighted by atomic mass is 127. The van der Waals surface area contributed by atoms with Crippen LogP contribution in [0.1, 0.15) is 17.3 Å². The van der Waals surface area contributed by atoms with Crippen LogP contribution in [0.2, 0.25) is 5.02 Å². The fraction of sp³-hybridized carbons (Fsp3) is 0.222. The number of rotatable bonds is 2. The molecule has 5 heteroatoms. The van der Waals surface area contributed by atoms with Crippen LogP contribution in [0, 0.1) is 7.14 Å². The van der Waals surface area contributed by atoms with E-state index in [2.05, 4.69) is 22.6 Å². The molecule has 0 heterocycles. The van der Waals surface area contributed by atoms with Crippen molar-refractivity contribution in [3.8, 4) is 0 Å². The number of ether oxygens (including phenoxy) is 1. The monoisotopic (exact) mass is 436 g/mol. The maximum Gasteiger partial charge on any atom is 0.339 e. The zero-order valence-corrected chi connectivity index (χ0v) is 12.4. The van der Waals surface area contributed by atoms with Gasteiger partial charge in [-0.25, -0.2) is 4.79 Å². The Kier molecular flexibility index (Phi) is 4.92. The van der Waals surface area contributed by atoms with Crippen LogP contribution in [-0.2, 0) is 4.74 Å². The fourth-order valence-electron chi connectivity index (χ4n) is 0.892. The SMILES string of the molecule is CCOC(=O)c1ccc(I)c(Cl)c1I. The second-order valence-electron chi connectivity index (χ2n) is 2.44. The normalized spacial score (nSPS) is 10.0. The van der Waals surface area contributed by atoms with Crippen molar-refractivity contribution in [2.45, 2.75) is 6.92 Å². The highest BCUT2D eigenvalue weighted by molar-refractivity contribution is 14.1. The van der Waals surface area contributed by atoms with Crippen molar-refractivity contribution in [2.75, 3.05) is 6.61 Å². The standard InChI is InChI=1S/C9H7ClI2O2/c1-2-14-9(13)5-3-4-6(11)7(10)8(5)12/h3-4H,2H2,1H3. The maximum absolute atomic E-state index is 11.4. The van der Waals surface area contributed by atoms with E-state index in [4.69, 9.17) is 16.3 Å². The first kappa shape index (κ1) is 12.5. The van der Waals surface area contributed by atoms with E-state index in [1.54, 1.807) is 19.1 Å². The van der Waals surface area contributed by atoms with E-state index < -0.39 is 0 Å². The number of carbonyl (C=O) groups excluding carboxylic acids is 1. The first-order valence-corrected chi connectivity index (χ1v) is 6.42. The number of carbonyl (C=O) groups is 1. The average molecular weight is 436 g/mol. The highest BCUT2D eigenvalue weighted by Crippen LogP contribution is 2.27. The first-order valence-electron chi connectivity index (χ1n) is 3.88. The quantitative estimate of drug-likeness (QED) is 0.401. The zero-order valence-electron chi connectivity index (χ0n) is 7.31. The summed E-state index contributed by atoms with van der Waals surface area (Å²) < 4.78 is 6.58. The molecule has 76 valence electrons. The first-order chi connectivity index (χ1) is 6.57. The molecule has 1 aromatic rings. The van der Waals surface area contributed by atoms with Gasteiger partial charge in [0.05, 0.1) is 17.2 Å². The van der Waals surface area contributed by atoms with Gasteiger partial charge in [-0.3, -0.25) is 0 Å². The van der Waals surface area contributed by atoms with Crippen molar-refractivity contribution in [1.82, 2.24) is 0 Å². The van der Waals surface area contributed by atoms with Gasteiger partial charge in [-0.15, -0.1) is 0 Å². The van der Waals surface area contributed by atoms with Gasteiger partial charge in [0.25, 0.3) is 0 Å². The molecule has 0 saturated heterocycles. The lowest BCUT2D eigenvalue weighted by atomic mass is 10.2. The molecule has 0 aliphatic rings. The molecule has 1 rings (SSSR count). The summed E-state index contributed by atoms with van der Waals surface area (Å²) in [6.45, 7) is 2.15. The molecule has 0 fully saturated rings. The van der Waals surface area contributed by atoms with Crippen molar-refractivity contribution in [2.24, 2.45) is 0 Å². The second kappa shape index (κ2) is 5.50. The molecular weight excluding hydrogens is 429 g/mol. The van der Waals surface area contributed by atoms with E-state index in [1.807, 2.05) is 22.6 Å². The van der Waals surface area contributed by atoms with Gasteiger partial charge < -0.3 is 4.74 Å². The van der Waals surface area contributed by atoms with Crippen LogP contribution in [0.4, 0.5) is 0 Å². The Balaban J connectivity index is 3.11. The van der Waals surface area contributed by atoms with E-state index >= 15 is 0 Å². The Morgan fingerprint density at radius 2 is 2.14 bits per heavy atom. The third kappa shape index (κ3) is 2.73. The average Bonchev–Trinajstić information content (AvgIpc) is 2.15. The predicted octanol–water partition coefficient (Wildman–Crippen LogP) is 3.73. The van der Waals surface area contributed by atoms with Crippen molar-refractivity contribution in [1.29, 1.82) is 0 Å². The number of benzene rings is 1. The molecule has 0 saturated carbocycles. The summed E-state index contributed by atoms with van der Waals surface area (Å²) in [6.07, 6.45) is 0. The Morgan fingerprint density at radius 3 is 2.71 bits per heavy atom. The number of hydrogen-bond acceptors (Lipinski definition) is 2. The summed E-state index contributed by atoms with van der Waals surface area (Å²) in [6, 6.07) is 3.53. The molecule has 0 bridgehead atoms. The molecule has 0 spiro atoms. The molecule has 14 heavy (non-hydrogen) atoms. The molecule has 0 aliphatic heterocycles. The lowest BCUT2D eigenvalue weighted by molar-refractivity contribution is 0.0525. The number of hydrogen-bond donors (Lipinski definition) is 0. The molecule has 0 unspecified atom stereocenters. The maximum atomic E-state index is 11.4. The van der Waals surface area contributed by atoms with Crippen molar-refractivity contribution in [3.63, 3.8) is 0 Å².